The summed E-state index contributed by atoms with van der Waals surface area (Å²) in [5.74, 6) is 1.78. The number of carbonyl (C=O) groups excluding carboxylic acids is 2. The molecule has 0 aromatic carbocycles. The summed E-state index contributed by atoms with van der Waals surface area (Å²) < 4.78 is 42.1. The maximum absolute atomic E-state index is 13.2. The van der Waals surface area contributed by atoms with E-state index in [-0.39, 0.29) is 31.8 Å². The molecule has 11 nitrogen and oxygen atoms in total. The zero-order chi connectivity index (χ0) is 25.2. The Kier molecular flexibility index (Phi) is 9.91. The van der Waals surface area contributed by atoms with Gasteiger partial charge < -0.3 is 15.0 Å². The van der Waals surface area contributed by atoms with Crippen LogP contribution in [0.3, 0.4) is 0 Å². The van der Waals surface area contributed by atoms with E-state index in [0.717, 1.165) is 0 Å². The molecule has 1 atom stereocenters. The number of terminal acetylenes is 1. The second kappa shape index (κ2) is 12.4. The van der Waals surface area contributed by atoms with E-state index in [0.29, 0.717) is 32.2 Å². The van der Waals surface area contributed by atoms with Gasteiger partial charge in [-0.3, -0.25) is 9.59 Å². The van der Waals surface area contributed by atoms with Gasteiger partial charge in [0.15, 0.2) is 11.5 Å². The number of alkyl halides is 3. The molecule has 0 radical (unpaired) electrons. The normalized spacial score (nSPS) is 14.9. The highest BCUT2D eigenvalue weighted by atomic mass is 19.4. The molecule has 1 aromatic rings. The number of hydrogen-bond acceptors (Lipinski definition) is 8. The van der Waals surface area contributed by atoms with Crippen molar-refractivity contribution in [2.45, 2.75) is 69.9 Å². The van der Waals surface area contributed by atoms with E-state index in [9.17, 15) is 22.8 Å². The smallest absolute Gasteiger partial charge is 0.372 e. The minimum atomic E-state index is -4.50. The Morgan fingerprint density at radius 2 is 2.06 bits per heavy atom. The molecule has 0 bridgehead atoms. The number of aryl methyl sites for hydroxylation is 1. The van der Waals surface area contributed by atoms with Crippen molar-refractivity contribution in [3.63, 3.8) is 0 Å². The first-order chi connectivity index (χ1) is 16.1. The Labute approximate surface area is 195 Å². The summed E-state index contributed by atoms with van der Waals surface area (Å²) in [6.07, 6.45) is 2.55. The van der Waals surface area contributed by atoms with Gasteiger partial charge in [0.2, 0.25) is 11.8 Å². The standard InChI is InChI=1S/C20H29F3N8O3/c1-4-6-9-19(27-28-19)10-7-17(32)31(13-16-25-29-30(3)26-16)15(18(33)24-11-5-2)8-12-34-14-20(21,22)23/h1,15H,5-14H2,2-3H3,(H,24,33). The molecule has 2 rings (SSSR count). The van der Waals surface area contributed by atoms with Crippen LogP contribution in [-0.2, 0) is 27.9 Å². The molecule has 1 aliphatic heterocycles. The summed E-state index contributed by atoms with van der Waals surface area (Å²) in [6.45, 7) is 0.222. The average Bonchev–Trinajstić information content (AvgIpc) is 3.44. The number of tetrazole rings is 1. The van der Waals surface area contributed by atoms with Crippen LogP contribution in [0.15, 0.2) is 10.2 Å². The molecular weight excluding hydrogens is 457 g/mol. The van der Waals surface area contributed by atoms with Crippen LogP contribution in [0, 0.1) is 12.3 Å². The molecule has 0 spiro atoms. The van der Waals surface area contributed by atoms with Gasteiger partial charge in [-0.05, 0) is 11.6 Å². The van der Waals surface area contributed by atoms with Crippen LogP contribution in [0.1, 0.15) is 51.3 Å². The topological polar surface area (TPSA) is 127 Å². The fourth-order valence-corrected chi connectivity index (χ4v) is 3.21. The van der Waals surface area contributed by atoms with Crippen LogP contribution < -0.4 is 5.32 Å². The van der Waals surface area contributed by atoms with Gasteiger partial charge >= 0.3 is 6.18 Å². The Morgan fingerprint density at radius 3 is 2.62 bits per heavy atom. The molecule has 0 saturated heterocycles. The molecule has 34 heavy (non-hydrogen) atoms. The minimum absolute atomic E-state index is 0.00119. The third-order valence-electron chi connectivity index (χ3n) is 5.00. The number of ether oxygens (including phenoxy) is 1. The number of nitrogens with one attached hydrogen (secondary N) is 1. The van der Waals surface area contributed by atoms with Crippen LogP contribution >= 0.6 is 0 Å². The van der Waals surface area contributed by atoms with E-state index in [4.69, 9.17) is 11.2 Å². The molecule has 0 fully saturated rings. The van der Waals surface area contributed by atoms with Gasteiger partial charge in [-0.2, -0.15) is 28.2 Å². The number of halogens is 3. The monoisotopic (exact) mass is 486 g/mol. The second-order valence-electron chi connectivity index (χ2n) is 7.87. The van der Waals surface area contributed by atoms with E-state index >= 15 is 0 Å². The summed E-state index contributed by atoms with van der Waals surface area (Å²) in [4.78, 5) is 28.6. The molecule has 1 N–H and O–H groups in total. The van der Waals surface area contributed by atoms with Crippen molar-refractivity contribution in [3.05, 3.63) is 5.82 Å². The third kappa shape index (κ3) is 9.05. The van der Waals surface area contributed by atoms with Crippen LogP contribution in [0.4, 0.5) is 13.2 Å². The Morgan fingerprint density at radius 1 is 1.32 bits per heavy atom. The maximum atomic E-state index is 13.2. The van der Waals surface area contributed by atoms with E-state index in [1.54, 1.807) is 7.05 Å². The van der Waals surface area contributed by atoms with Crippen LogP contribution in [-0.4, -0.2) is 74.6 Å². The fraction of sp³-hybridized carbons (Fsp3) is 0.750. The lowest BCUT2D eigenvalue weighted by Crippen LogP contribution is -2.50. The first-order valence-electron chi connectivity index (χ1n) is 10.9. The lowest BCUT2D eigenvalue weighted by Gasteiger charge is -2.30. The van der Waals surface area contributed by atoms with E-state index in [2.05, 4.69) is 36.9 Å². The Bertz CT molecular complexity index is 890. The Balaban J connectivity index is 2.16. The molecule has 188 valence electrons. The van der Waals surface area contributed by atoms with Gasteiger partial charge in [0.05, 0.1) is 13.6 Å². The van der Waals surface area contributed by atoms with Crippen molar-refractivity contribution < 1.29 is 27.5 Å². The van der Waals surface area contributed by atoms with Gasteiger partial charge in [0.1, 0.15) is 12.6 Å². The molecule has 14 heteroatoms. The van der Waals surface area contributed by atoms with Crippen LogP contribution in [0.2, 0.25) is 0 Å². The van der Waals surface area contributed by atoms with Crippen molar-refractivity contribution in [2.75, 3.05) is 19.8 Å². The van der Waals surface area contributed by atoms with Crippen molar-refractivity contribution >= 4 is 11.8 Å². The number of nitrogens with zero attached hydrogens (tertiary/aromatic N) is 7. The molecule has 1 aromatic heterocycles. The molecule has 1 unspecified atom stereocenters. The first-order valence-corrected chi connectivity index (χ1v) is 10.9. The Hall–Kier alpha value is -3.08. The lowest BCUT2D eigenvalue weighted by molar-refractivity contribution is -0.175. The molecule has 1 aliphatic rings. The van der Waals surface area contributed by atoms with Crippen molar-refractivity contribution in [3.8, 4) is 12.3 Å². The van der Waals surface area contributed by atoms with E-state index in [1.807, 2.05) is 6.92 Å². The highest BCUT2D eigenvalue weighted by molar-refractivity contribution is 5.87. The maximum Gasteiger partial charge on any atom is 0.411 e. The number of aromatic nitrogens is 4. The zero-order valence-electron chi connectivity index (χ0n) is 19.2. The molecular formula is C20H29F3N8O3. The van der Waals surface area contributed by atoms with Crippen molar-refractivity contribution in [1.29, 1.82) is 0 Å². The summed E-state index contributed by atoms with van der Waals surface area (Å²) in [5.41, 5.74) is -0.700. The minimum Gasteiger partial charge on any atom is -0.372 e. The summed E-state index contributed by atoms with van der Waals surface area (Å²) in [5, 5.41) is 22.4. The highest BCUT2D eigenvalue weighted by Gasteiger charge is 2.40. The van der Waals surface area contributed by atoms with Crippen LogP contribution in [0.5, 0.6) is 0 Å². The number of hydrogen-bond donors (Lipinski definition) is 1. The lowest BCUT2D eigenvalue weighted by atomic mass is 10.0. The third-order valence-corrected chi connectivity index (χ3v) is 5.00. The predicted molar refractivity (Wildman–Crippen MR) is 113 cm³/mol. The number of amides is 2. The fourth-order valence-electron chi connectivity index (χ4n) is 3.21. The number of rotatable bonds is 15. The van der Waals surface area contributed by atoms with Crippen LogP contribution in [0.25, 0.3) is 0 Å². The van der Waals surface area contributed by atoms with Crippen molar-refractivity contribution in [1.82, 2.24) is 30.4 Å². The van der Waals surface area contributed by atoms with Crippen molar-refractivity contribution in [2.24, 2.45) is 17.3 Å². The molecule has 0 saturated carbocycles. The zero-order valence-corrected chi connectivity index (χ0v) is 19.2. The van der Waals surface area contributed by atoms with Gasteiger partial charge in [-0.1, -0.05) is 6.92 Å². The number of carbonyl (C=O) groups is 2. The quantitative estimate of drug-likeness (QED) is 0.297. The average molecular weight is 486 g/mol. The SMILES string of the molecule is C#CCCC1(CCC(=O)N(Cc2nnn(C)n2)C(CCOCC(F)(F)F)C(=O)NCCC)N=N1. The second-order valence-corrected chi connectivity index (χ2v) is 7.87. The van der Waals surface area contributed by atoms with E-state index in [1.165, 1.54) is 9.70 Å². The predicted octanol–water partition coefficient (Wildman–Crippen LogP) is 1.76. The van der Waals surface area contributed by atoms with Gasteiger partial charge in [-0.15, -0.1) is 22.5 Å². The molecule has 2 heterocycles. The van der Waals surface area contributed by atoms with E-state index < -0.39 is 36.3 Å². The van der Waals surface area contributed by atoms with Gasteiger partial charge in [-0.25, -0.2) is 0 Å². The summed E-state index contributed by atoms with van der Waals surface area (Å²) in [6, 6.07) is -1.09. The molecule has 0 aliphatic carbocycles. The largest absolute Gasteiger partial charge is 0.411 e. The highest BCUT2D eigenvalue weighted by Crippen LogP contribution is 2.37. The summed E-state index contributed by atoms with van der Waals surface area (Å²) in [7, 11) is 1.55. The molecule has 2 amide bonds. The first kappa shape index (κ1) is 27.2. The van der Waals surface area contributed by atoms with Gasteiger partial charge in [0, 0.05) is 45.3 Å². The van der Waals surface area contributed by atoms with Gasteiger partial charge in [0.25, 0.3) is 0 Å². The summed E-state index contributed by atoms with van der Waals surface area (Å²) >= 11 is 0.